The van der Waals surface area contributed by atoms with Gasteiger partial charge >= 0.3 is 17.9 Å². The van der Waals surface area contributed by atoms with Gasteiger partial charge in [0.05, 0.1) is 0 Å². The summed E-state index contributed by atoms with van der Waals surface area (Å²) in [6.45, 7) is 0.428. The van der Waals surface area contributed by atoms with Crippen LogP contribution in [0.15, 0.2) is 36.4 Å². The summed E-state index contributed by atoms with van der Waals surface area (Å²) in [6.07, 6.45) is -0.478. The lowest BCUT2D eigenvalue weighted by Gasteiger charge is -2.29. The molecule has 2 atom stereocenters. The zero-order valence-corrected chi connectivity index (χ0v) is 26.7. The number of carboxylic acids is 3. The number of nitrogens with two attached hydrogens (primary N) is 1. The molecule has 6 rings (SSSR count). The first-order chi connectivity index (χ1) is 24.1. The third-order valence-corrected chi connectivity index (χ3v) is 8.09. The van der Waals surface area contributed by atoms with Crippen LogP contribution in [-0.4, -0.2) is 96.5 Å². The van der Waals surface area contributed by atoms with Crippen molar-refractivity contribution in [2.75, 3.05) is 11.1 Å². The number of imide groups is 2. The number of carbonyl (C=O) groups is 10. The fourth-order valence-electron chi connectivity index (χ4n) is 5.77. The molecule has 0 bridgehead atoms. The van der Waals surface area contributed by atoms with Gasteiger partial charge in [-0.1, -0.05) is 12.1 Å². The second-order valence-corrected chi connectivity index (χ2v) is 11.6. The molecule has 19 nitrogen and oxygen atoms in total. The quantitative estimate of drug-likeness (QED) is 0.108. The normalized spacial score (nSPS) is 19.0. The first-order valence-corrected chi connectivity index (χ1v) is 15.3. The zero-order chi connectivity index (χ0) is 37.6. The van der Waals surface area contributed by atoms with Gasteiger partial charge in [0.25, 0.3) is 11.8 Å². The summed E-state index contributed by atoms with van der Waals surface area (Å²) in [4.78, 5) is 115. The number of carbonyl (C=O) groups excluding carboxylic acids is 7. The Kier molecular flexibility index (Phi) is 11.4. The van der Waals surface area contributed by atoms with Crippen LogP contribution < -0.4 is 21.7 Å². The second kappa shape index (κ2) is 15.7. The minimum absolute atomic E-state index is 0.101. The Morgan fingerprint density at radius 2 is 1.14 bits per heavy atom. The maximum absolute atomic E-state index is 12.6. The van der Waals surface area contributed by atoms with Gasteiger partial charge in [0, 0.05) is 59.6 Å². The lowest BCUT2D eigenvalue weighted by molar-refractivity contribution is -0.147. The average molecular weight is 709 g/mol. The Labute approximate surface area is 287 Å². The van der Waals surface area contributed by atoms with Crippen molar-refractivity contribution in [2.24, 2.45) is 0 Å². The third-order valence-electron chi connectivity index (χ3n) is 8.09. The molecule has 51 heavy (non-hydrogen) atoms. The predicted octanol–water partition coefficient (Wildman–Crippen LogP) is -0.564. The molecule has 2 unspecified atom stereocenters. The van der Waals surface area contributed by atoms with E-state index < -0.39 is 60.6 Å². The fourth-order valence-corrected chi connectivity index (χ4v) is 5.77. The van der Waals surface area contributed by atoms with Crippen LogP contribution in [0.25, 0.3) is 0 Å². The molecule has 268 valence electrons. The van der Waals surface area contributed by atoms with Gasteiger partial charge < -0.3 is 36.2 Å². The van der Waals surface area contributed by atoms with Gasteiger partial charge in [-0.05, 0) is 37.1 Å². The van der Waals surface area contributed by atoms with E-state index >= 15 is 0 Å². The molecule has 2 aromatic carbocycles. The van der Waals surface area contributed by atoms with Crippen molar-refractivity contribution < 1.29 is 63.3 Å². The van der Waals surface area contributed by atoms with Crippen molar-refractivity contribution in [3.05, 3.63) is 58.7 Å². The van der Waals surface area contributed by atoms with E-state index in [1.807, 2.05) is 0 Å². The maximum Gasteiger partial charge on any atom is 0.314 e. The van der Waals surface area contributed by atoms with Gasteiger partial charge in [0.1, 0.15) is 24.9 Å². The highest BCUT2D eigenvalue weighted by molar-refractivity contribution is 6.08. The molecular weight excluding hydrogens is 676 g/mol. The van der Waals surface area contributed by atoms with Crippen LogP contribution in [-0.2, 0) is 51.4 Å². The highest BCUT2D eigenvalue weighted by Gasteiger charge is 2.41. The number of hydrogen-bond acceptors (Lipinski definition) is 11. The van der Waals surface area contributed by atoms with E-state index in [-0.39, 0.29) is 49.4 Å². The number of amides is 7. The van der Waals surface area contributed by atoms with Gasteiger partial charge in [-0.2, -0.15) is 0 Å². The smallest absolute Gasteiger partial charge is 0.314 e. The molecule has 8 N–H and O–H groups in total. The summed E-state index contributed by atoms with van der Waals surface area (Å²) >= 11 is 0. The Bertz CT molecular complexity index is 1850. The monoisotopic (exact) mass is 708 g/mol. The first kappa shape index (κ1) is 37.2. The summed E-state index contributed by atoms with van der Waals surface area (Å²) in [5, 5.41) is 31.0. The summed E-state index contributed by atoms with van der Waals surface area (Å²) in [7, 11) is 0. The Morgan fingerprint density at radius 3 is 1.57 bits per heavy atom. The molecule has 19 heteroatoms. The molecule has 2 saturated heterocycles. The van der Waals surface area contributed by atoms with Crippen LogP contribution in [0.3, 0.4) is 0 Å². The van der Waals surface area contributed by atoms with Crippen LogP contribution in [0.2, 0.25) is 0 Å². The molecule has 4 aliphatic heterocycles. The number of nitrogens with one attached hydrogen (secondary N) is 3. The number of rotatable bonds is 7. The molecule has 4 heterocycles. The Hall–Kier alpha value is -6.66. The van der Waals surface area contributed by atoms with E-state index in [9.17, 15) is 47.9 Å². The van der Waals surface area contributed by atoms with Crippen molar-refractivity contribution in [3.8, 4) is 0 Å². The lowest BCUT2D eigenvalue weighted by atomic mass is 10.0. The molecule has 7 amide bonds. The molecule has 2 aromatic rings. The van der Waals surface area contributed by atoms with Gasteiger partial charge in [-0.25, -0.2) is 0 Å². The van der Waals surface area contributed by atoms with E-state index in [0.717, 1.165) is 5.56 Å². The minimum atomic E-state index is -1.31. The van der Waals surface area contributed by atoms with Gasteiger partial charge in [-0.3, -0.25) is 58.6 Å². The van der Waals surface area contributed by atoms with Crippen LogP contribution in [0, 0.1) is 0 Å². The number of nitrogens with zero attached hydrogens (tertiary/aromatic N) is 2. The fraction of sp³-hybridized carbons (Fsp3) is 0.312. The number of benzene rings is 2. The first-order valence-electron chi connectivity index (χ1n) is 15.3. The van der Waals surface area contributed by atoms with Crippen molar-refractivity contribution in [1.29, 1.82) is 0 Å². The van der Waals surface area contributed by atoms with Crippen LogP contribution >= 0.6 is 0 Å². The molecular formula is C32H32N6O13. The molecule has 0 aromatic heterocycles. The summed E-state index contributed by atoms with van der Waals surface area (Å²) < 4.78 is 0. The third kappa shape index (κ3) is 8.88. The summed E-state index contributed by atoms with van der Waals surface area (Å²) in [6, 6.07) is 8.55. The highest BCUT2D eigenvalue weighted by Crippen LogP contribution is 2.33. The van der Waals surface area contributed by atoms with Gasteiger partial charge in [-0.15, -0.1) is 0 Å². The minimum Gasteiger partial charge on any atom is -0.481 e. The number of hydrogen-bond donors (Lipinski definition) is 7. The molecule has 4 aliphatic rings. The van der Waals surface area contributed by atoms with Crippen molar-refractivity contribution >= 4 is 70.6 Å². The van der Waals surface area contributed by atoms with E-state index in [0.29, 0.717) is 41.0 Å². The topological polar surface area (TPSA) is 300 Å². The number of piperidine rings is 2. The van der Waals surface area contributed by atoms with Crippen LogP contribution in [0.5, 0.6) is 0 Å². The van der Waals surface area contributed by atoms with E-state index in [1.165, 1.54) is 9.80 Å². The largest absolute Gasteiger partial charge is 0.481 e. The molecule has 0 saturated carbocycles. The van der Waals surface area contributed by atoms with E-state index in [1.54, 1.807) is 36.4 Å². The van der Waals surface area contributed by atoms with Crippen molar-refractivity contribution in [1.82, 2.24) is 20.4 Å². The molecule has 0 aliphatic carbocycles. The van der Waals surface area contributed by atoms with E-state index in [2.05, 4.69) is 16.0 Å². The molecule has 0 radical (unpaired) electrons. The number of aliphatic carboxylic acids is 3. The van der Waals surface area contributed by atoms with Crippen molar-refractivity contribution in [3.63, 3.8) is 0 Å². The van der Waals surface area contributed by atoms with Crippen LogP contribution in [0.1, 0.15) is 70.4 Å². The average Bonchev–Trinajstić information content (AvgIpc) is 3.55. The summed E-state index contributed by atoms with van der Waals surface area (Å²) in [5.41, 5.74) is 8.92. The highest BCUT2D eigenvalue weighted by atomic mass is 16.4. The maximum atomic E-state index is 12.6. The lowest BCUT2D eigenvalue weighted by Crippen LogP contribution is -2.52. The van der Waals surface area contributed by atoms with E-state index in [4.69, 9.17) is 21.1 Å². The predicted molar refractivity (Wildman–Crippen MR) is 170 cm³/mol. The van der Waals surface area contributed by atoms with Crippen LogP contribution in [0.4, 0.5) is 11.4 Å². The number of anilines is 2. The number of nitrogen functional groups attached to an aromatic ring is 1. The summed E-state index contributed by atoms with van der Waals surface area (Å²) in [5.74, 6) is -6.73. The Balaban J connectivity index is 0.000000198. The standard InChI is InChI=1S/C16H15N3O6.C13H13N3O3.C3H4O4/c20-12-5-4-11(15(24)18-12)19-7-9-8(16(19)25)2-1-3-10(9)17-13(21)6-14(22)23;14-9-3-1-2-7-8(9)6-16(13(7)19)10-4-5-11(17)15-12(10)18;4-2(5)1-3(6)7/h1-3,11H,4-7H2,(H,17,21)(H,22,23)(H,18,20,24);1-3,10H,4-6,14H2,(H,15,17,18);1H2,(H,4,5)(H,6,7). The van der Waals surface area contributed by atoms with Gasteiger partial charge in [0.2, 0.25) is 29.5 Å². The molecule has 2 fully saturated rings. The number of carboxylic acid groups (broad SMARTS) is 3. The van der Waals surface area contributed by atoms with Gasteiger partial charge in [0.15, 0.2) is 0 Å². The Morgan fingerprint density at radius 1 is 0.686 bits per heavy atom. The number of fused-ring (bicyclic) bond motifs is 2. The second-order valence-electron chi connectivity index (χ2n) is 11.6. The zero-order valence-electron chi connectivity index (χ0n) is 26.7. The van der Waals surface area contributed by atoms with Crippen molar-refractivity contribution in [2.45, 2.75) is 63.7 Å². The molecule has 0 spiro atoms. The SMILES string of the molecule is Nc1cccc2c1CN(C1CCC(=O)NC1=O)C2=O.O=C(O)CC(=O)Nc1cccc2c1CN(C1CCC(=O)NC1=O)C2=O.O=C(O)CC(=O)O.